The van der Waals surface area contributed by atoms with E-state index in [4.69, 9.17) is 0 Å². The highest BCUT2D eigenvalue weighted by atomic mass is 16.4. The number of hydrogen-bond donors (Lipinski definition) is 1. The van der Waals surface area contributed by atoms with E-state index in [1.807, 2.05) is 19.9 Å². The van der Waals surface area contributed by atoms with Crippen LogP contribution in [0, 0.1) is 5.92 Å². The molecular formula is C17H16N3O3-. The largest absolute Gasteiger partial charge is 0.545 e. The molecule has 2 heterocycles. The number of carboxylic acids is 1. The first-order valence-electron chi connectivity index (χ1n) is 7.35. The number of pyridine rings is 1. The van der Waals surface area contributed by atoms with E-state index in [2.05, 4.69) is 15.3 Å². The van der Waals surface area contributed by atoms with E-state index in [1.165, 1.54) is 6.07 Å². The summed E-state index contributed by atoms with van der Waals surface area (Å²) in [6.07, 6.45) is 0. The highest BCUT2D eigenvalue weighted by Crippen LogP contribution is 2.28. The number of benzene rings is 1. The summed E-state index contributed by atoms with van der Waals surface area (Å²) in [4.78, 5) is 32.5. The lowest BCUT2D eigenvalue weighted by atomic mass is 9.89. The topological polar surface area (TPSA) is 94.5 Å². The zero-order chi connectivity index (χ0) is 16.8. The van der Waals surface area contributed by atoms with Gasteiger partial charge in [-0.25, -0.2) is 9.98 Å². The number of carboxylic acid groups (broad SMARTS) is 1. The molecule has 0 bridgehead atoms. The minimum absolute atomic E-state index is 0.0353. The third-order valence-electron chi connectivity index (χ3n) is 4.33. The average molecular weight is 310 g/mol. The van der Waals surface area contributed by atoms with Crippen molar-refractivity contribution in [3.05, 3.63) is 41.6 Å². The van der Waals surface area contributed by atoms with Gasteiger partial charge in [0.15, 0.2) is 5.84 Å². The molecular weight excluding hydrogens is 294 g/mol. The molecule has 1 N–H and O–H groups in total. The molecule has 1 aromatic carbocycles. The smallest absolute Gasteiger partial charge is 0.253 e. The molecule has 23 heavy (non-hydrogen) atoms. The molecule has 118 valence electrons. The van der Waals surface area contributed by atoms with Gasteiger partial charge in [-0.2, -0.15) is 0 Å². The monoisotopic (exact) mass is 310 g/mol. The van der Waals surface area contributed by atoms with Crippen molar-refractivity contribution in [2.75, 3.05) is 0 Å². The van der Waals surface area contributed by atoms with E-state index in [1.54, 1.807) is 25.1 Å². The number of amidine groups is 1. The summed E-state index contributed by atoms with van der Waals surface area (Å²) in [7, 11) is 0. The third kappa shape index (κ3) is 2.36. The lowest BCUT2D eigenvalue weighted by Crippen LogP contribution is -2.41. The van der Waals surface area contributed by atoms with Gasteiger partial charge in [0.1, 0.15) is 11.2 Å². The zero-order valence-electron chi connectivity index (χ0n) is 13.1. The molecule has 6 heteroatoms. The Hall–Kier alpha value is -2.76. The fourth-order valence-corrected chi connectivity index (χ4v) is 2.50. The number of rotatable bonds is 3. The average Bonchev–Trinajstić information content (AvgIpc) is 2.82. The minimum Gasteiger partial charge on any atom is -0.545 e. The van der Waals surface area contributed by atoms with Crippen LogP contribution in [0.3, 0.4) is 0 Å². The molecule has 0 radical (unpaired) electrons. The van der Waals surface area contributed by atoms with Crippen LogP contribution in [0.1, 0.15) is 36.8 Å². The first-order chi connectivity index (χ1) is 10.8. The first kappa shape index (κ1) is 15.1. The number of fused-ring (bicyclic) bond motifs is 1. The summed E-state index contributed by atoms with van der Waals surface area (Å²) in [5.41, 5.74) is -0.272. The van der Waals surface area contributed by atoms with Crippen LogP contribution < -0.4 is 10.4 Å². The summed E-state index contributed by atoms with van der Waals surface area (Å²) in [6, 6.07) is 8.65. The van der Waals surface area contributed by atoms with Crippen LogP contribution in [0.4, 0.5) is 0 Å². The lowest BCUT2D eigenvalue weighted by molar-refractivity contribution is -0.255. The minimum atomic E-state index is -1.35. The number of hydrogen-bond acceptors (Lipinski definition) is 5. The maximum absolute atomic E-state index is 12.2. The van der Waals surface area contributed by atoms with Crippen LogP contribution in [0.2, 0.25) is 0 Å². The molecule has 0 saturated carbocycles. The van der Waals surface area contributed by atoms with E-state index in [0.29, 0.717) is 10.9 Å². The molecule has 1 atom stereocenters. The quantitative estimate of drug-likeness (QED) is 0.911. The van der Waals surface area contributed by atoms with Crippen LogP contribution >= 0.6 is 0 Å². The predicted molar refractivity (Wildman–Crippen MR) is 84.0 cm³/mol. The van der Waals surface area contributed by atoms with Gasteiger partial charge < -0.3 is 15.2 Å². The van der Waals surface area contributed by atoms with E-state index in [0.717, 1.165) is 0 Å². The van der Waals surface area contributed by atoms with Gasteiger partial charge >= 0.3 is 0 Å². The molecule has 6 nitrogen and oxygen atoms in total. The van der Waals surface area contributed by atoms with Crippen molar-refractivity contribution in [2.45, 2.75) is 26.3 Å². The molecule has 0 saturated heterocycles. The number of amides is 1. The van der Waals surface area contributed by atoms with Crippen molar-refractivity contribution in [1.82, 2.24) is 10.3 Å². The highest BCUT2D eigenvalue weighted by Gasteiger charge is 2.42. The molecule has 1 aliphatic heterocycles. The van der Waals surface area contributed by atoms with Gasteiger partial charge in [0.25, 0.3) is 5.91 Å². The molecule has 1 aromatic heterocycles. The molecule has 1 amide bonds. The number of para-hydroxylation sites is 1. The predicted octanol–water partition coefficient (Wildman–Crippen LogP) is 0.889. The Labute approximate surface area is 133 Å². The van der Waals surface area contributed by atoms with Crippen LogP contribution in [0.15, 0.2) is 35.3 Å². The van der Waals surface area contributed by atoms with Gasteiger partial charge in [-0.05, 0) is 25.0 Å². The van der Waals surface area contributed by atoms with E-state index < -0.39 is 11.5 Å². The summed E-state index contributed by atoms with van der Waals surface area (Å²) in [5, 5.41) is 14.8. The standard InChI is InChI=1S/C17H17N3O3/c1-9(2)17(3)16(23)19-14(20-17)13-11(15(21)22)8-10-6-4-5-7-12(10)18-13/h4-9H,1-3H3,(H,21,22)(H,19,20,23)/p-1/t17-/m0/s1. The Bertz CT molecular complexity index is 857. The number of carbonyl (C=O) groups excluding carboxylic acids is 2. The van der Waals surface area contributed by atoms with Gasteiger partial charge in [-0.15, -0.1) is 0 Å². The molecule has 0 unspecified atom stereocenters. The van der Waals surface area contributed by atoms with Crippen molar-refractivity contribution in [1.29, 1.82) is 0 Å². The summed E-state index contributed by atoms with van der Waals surface area (Å²) in [5.74, 6) is -1.47. The number of aliphatic imine (C=N–C) groups is 1. The number of aromatic carboxylic acids is 1. The fraction of sp³-hybridized carbons (Fsp3) is 0.294. The molecule has 3 rings (SSSR count). The maximum atomic E-state index is 12.2. The molecule has 1 aliphatic rings. The Morgan fingerprint density at radius 1 is 1.30 bits per heavy atom. The summed E-state index contributed by atoms with van der Waals surface area (Å²) in [6.45, 7) is 5.50. The van der Waals surface area contributed by atoms with E-state index >= 15 is 0 Å². The van der Waals surface area contributed by atoms with Crippen molar-refractivity contribution < 1.29 is 14.7 Å². The van der Waals surface area contributed by atoms with Crippen molar-refractivity contribution >= 4 is 28.6 Å². The van der Waals surface area contributed by atoms with Gasteiger partial charge in [0, 0.05) is 10.9 Å². The second-order valence-electron chi connectivity index (χ2n) is 6.08. The Balaban J connectivity index is 2.22. The Kier molecular flexibility index (Phi) is 3.39. The Morgan fingerprint density at radius 3 is 2.61 bits per heavy atom. The number of nitrogens with zero attached hydrogens (tertiary/aromatic N) is 2. The second kappa shape index (κ2) is 5.15. The summed E-state index contributed by atoms with van der Waals surface area (Å²) < 4.78 is 0. The van der Waals surface area contributed by atoms with Gasteiger partial charge in [-0.3, -0.25) is 4.79 Å². The maximum Gasteiger partial charge on any atom is 0.253 e. The van der Waals surface area contributed by atoms with Crippen LogP contribution in [0.25, 0.3) is 10.9 Å². The van der Waals surface area contributed by atoms with Crippen molar-refractivity contribution in [3.63, 3.8) is 0 Å². The SMILES string of the molecule is CC(C)[C@]1(C)N=C(c2nc3ccccc3cc2C(=O)[O-])NC1=O. The first-order valence-corrected chi connectivity index (χ1v) is 7.35. The third-order valence-corrected chi connectivity index (χ3v) is 4.33. The number of carbonyl (C=O) groups is 2. The van der Waals surface area contributed by atoms with Crippen LogP contribution in [-0.2, 0) is 4.79 Å². The molecule has 0 spiro atoms. The van der Waals surface area contributed by atoms with Crippen LogP contribution in [-0.4, -0.2) is 28.2 Å². The second-order valence-corrected chi connectivity index (χ2v) is 6.08. The number of aromatic nitrogens is 1. The lowest BCUT2D eigenvalue weighted by Gasteiger charge is -2.21. The highest BCUT2D eigenvalue weighted by molar-refractivity contribution is 6.18. The van der Waals surface area contributed by atoms with E-state index in [-0.39, 0.29) is 28.9 Å². The van der Waals surface area contributed by atoms with E-state index in [9.17, 15) is 14.7 Å². The van der Waals surface area contributed by atoms with Gasteiger partial charge in [-0.1, -0.05) is 32.0 Å². The fourth-order valence-electron chi connectivity index (χ4n) is 2.50. The Morgan fingerprint density at radius 2 is 2.00 bits per heavy atom. The van der Waals surface area contributed by atoms with Crippen molar-refractivity contribution in [3.8, 4) is 0 Å². The summed E-state index contributed by atoms with van der Waals surface area (Å²) >= 11 is 0. The zero-order valence-corrected chi connectivity index (χ0v) is 13.1. The van der Waals surface area contributed by atoms with Crippen molar-refractivity contribution in [2.24, 2.45) is 10.9 Å². The molecule has 2 aromatic rings. The molecule has 0 aliphatic carbocycles. The van der Waals surface area contributed by atoms with Crippen LogP contribution in [0.5, 0.6) is 0 Å². The normalized spacial score (nSPS) is 20.7. The number of nitrogens with one attached hydrogen (secondary N) is 1. The van der Waals surface area contributed by atoms with Gasteiger partial charge in [0.2, 0.25) is 0 Å². The molecule has 0 fully saturated rings. The van der Waals surface area contributed by atoms with Gasteiger partial charge in [0.05, 0.1) is 11.5 Å².